The Morgan fingerprint density at radius 3 is 2.24 bits per heavy atom. The maximum atomic E-state index is 12.5. The van der Waals surface area contributed by atoms with E-state index in [4.69, 9.17) is 0 Å². The van der Waals surface area contributed by atoms with Gasteiger partial charge in [-0.3, -0.25) is 9.59 Å². The van der Waals surface area contributed by atoms with Crippen molar-refractivity contribution in [3.63, 3.8) is 0 Å². The highest BCUT2D eigenvalue weighted by Gasteiger charge is 2.13. The summed E-state index contributed by atoms with van der Waals surface area (Å²) >= 11 is 0. The SMILES string of the molecule is Cc1ccc(NC(=O)Nc2ccc(C)n(CC(=O)N(C)C)c2=O)cc1. The molecule has 2 N–H and O–H groups in total. The molecule has 0 unspecified atom stereocenters. The predicted molar refractivity (Wildman–Crippen MR) is 98.0 cm³/mol. The number of aryl methyl sites for hydroxylation is 2. The van der Waals surface area contributed by atoms with Gasteiger partial charge in [0.15, 0.2) is 0 Å². The zero-order valence-electron chi connectivity index (χ0n) is 14.8. The van der Waals surface area contributed by atoms with E-state index in [9.17, 15) is 14.4 Å². The van der Waals surface area contributed by atoms with E-state index in [0.717, 1.165) is 5.56 Å². The zero-order chi connectivity index (χ0) is 18.6. The summed E-state index contributed by atoms with van der Waals surface area (Å²) in [5.41, 5.74) is 2.04. The number of urea groups is 1. The lowest BCUT2D eigenvalue weighted by atomic mass is 10.2. The van der Waals surface area contributed by atoms with Crippen LogP contribution in [-0.4, -0.2) is 35.5 Å². The summed E-state index contributed by atoms with van der Waals surface area (Å²) < 4.78 is 1.34. The van der Waals surface area contributed by atoms with Crippen LogP contribution in [0.2, 0.25) is 0 Å². The molecule has 2 rings (SSSR count). The summed E-state index contributed by atoms with van der Waals surface area (Å²) in [6.45, 7) is 3.61. The Morgan fingerprint density at radius 1 is 1.00 bits per heavy atom. The van der Waals surface area contributed by atoms with Gasteiger partial charge < -0.3 is 20.1 Å². The molecular weight excluding hydrogens is 320 g/mol. The van der Waals surface area contributed by atoms with E-state index in [2.05, 4.69) is 10.6 Å². The van der Waals surface area contributed by atoms with Gasteiger partial charge in [0.1, 0.15) is 12.2 Å². The van der Waals surface area contributed by atoms with Gasteiger partial charge in [0.25, 0.3) is 5.56 Å². The van der Waals surface area contributed by atoms with Crippen molar-refractivity contribution >= 4 is 23.3 Å². The monoisotopic (exact) mass is 342 g/mol. The van der Waals surface area contributed by atoms with E-state index < -0.39 is 11.6 Å². The van der Waals surface area contributed by atoms with E-state index in [1.165, 1.54) is 15.5 Å². The van der Waals surface area contributed by atoms with E-state index >= 15 is 0 Å². The van der Waals surface area contributed by atoms with Crippen LogP contribution in [0.3, 0.4) is 0 Å². The molecule has 0 radical (unpaired) electrons. The number of pyridine rings is 1. The number of nitrogens with zero attached hydrogens (tertiary/aromatic N) is 2. The van der Waals surface area contributed by atoms with Crippen LogP contribution in [0.15, 0.2) is 41.2 Å². The number of hydrogen-bond donors (Lipinski definition) is 2. The molecule has 0 bridgehead atoms. The van der Waals surface area contributed by atoms with Crippen LogP contribution in [0.25, 0.3) is 0 Å². The number of anilines is 2. The second-order valence-electron chi connectivity index (χ2n) is 6.01. The Labute approximate surface area is 146 Å². The molecule has 0 saturated carbocycles. The number of carbonyl (C=O) groups excluding carboxylic acids is 2. The van der Waals surface area contributed by atoms with E-state index in [1.807, 2.05) is 19.1 Å². The number of carbonyl (C=O) groups is 2. The fourth-order valence-electron chi connectivity index (χ4n) is 2.16. The Bertz CT molecular complexity index is 838. The first kappa shape index (κ1) is 18.3. The van der Waals surface area contributed by atoms with Gasteiger partial charge in [0, 0.05) is 25.5 Å². The standard InChI is InChI=1S/C18H22N4O3/c1-12-5-8-14(9-6-12)19-18(25)20-15-10-7-13(2)22(17(15)24)11-16(23)21(3)4/h5-10H,11H2,1-4H3,(H2,19,20,25). The van der Waals surface area contributed by atoms with Crippen LogP contribution >= 0.6 is 0 Å². The van der Waals surface area contributed by atoms with Crippen LogP contribution < -0.4 is 16.2 Å². The van der Waals surface area contributed by atoms with Crippen LogP contribution in [0.1, 0.15) is 11.3 Å². The molecule has 0 aliphatic carbocycles. The van der Waals surface area contributed by atoms with Crippen molar-refractivity contribution in [3.05, 3.63) is 58.0 Å². The molecule has 0 spiro atoms. The molecule has 1 aromatic heterocycles. The zero-order valence-corrected chi connectivity index (χ0v) is 14.8. The third-order valence-corrected chi connectivity index (χ3v) is 3.74. The first-order valence-electron chi connectivity index (χ1n) is 7.83. The van der Waals surface area contributed by atoms with Gasteiger partial charge in [0.2, 0.25) is 5.91 Å². The van der Waals surface area contributed by atoms with Gasteiger partial charge >= 0.3 is 6.03 Å². The van der Waals surface area contributed by atoms with Gasteiger partial charge in [-0.2, -0.15) is 0 Å². The largest absolute Gasteiger partial charge is 0.347 e. The second-order valence-corrected chi connectivity index (χ2v) is 6.01. The molecular formula is C18H22N4O3. The van der Waals surface area contributed by atoms with E-state index in [0.29, 0.717) is 11.4 Å². The first-order valence-corrected chi connectivity index (χ1v) is 7.83. The minimum Gasteiger partial charge on any atom is -0.347 e. The van der Waals surface area contributed by atoms with Crippen LogP contribution in [0.4, 0.5) is 16.2 Å². The van der Waals surface area contributed by atoms with Crippen molar-refractivity contribution in [1.29, 1.82) is 0 Å². The van der Waals surface area contributed by atoms with Crippen molar-refractivity contribution in [2.75, 3.05) is 24.7 Å². The van der Waals surface area contributed by atoms with Gasteiger partial charge in [0.05, 0.1) is 0 Å². The van der Waals surface area contributed by atoms with Crippen molar-refractivity contribution < 1.29 is 9.59 Å². The summed E-state index contributed by atoms with van der Waals surface area (Å²) in [5, 5.41) is 5.20. The minimum atomic E-state index is -0.518. The molecule has 1 aromatic carbocycles. The molecule has 0 aliphatic heterocycles. The van der Waals surface area contributed by atoms with Crippen LogP contribution in [-0.2, 0) is 11.3 Å². The van der Waals surface area contributed by atoms with Crippen molar-refractivity contribution in [1.82, 2.24) is 9.47 Å². The third kappa shape index (κ3) is 4.69. The molecule has 1 heterocycles. The topological polar surface area (TPSA) is 83.4 Å². The molecule has 25 heavy (non-hydrogen) atoms. The van der Waals surface area contributed by atoms with Gasteiger partial charge in [-0.05, 0) is 38.1 Å². The average Bonchev–Trinajstić information content (AvgIpc) is 2.56. The molecule has 0 saturated heterocycles. The number of likely N-dealkylation sites (N-methyl/N-ethyl adjacent to an activating group) is 1. The summed E-state index contributed by atoms with van der Waals surface area (Å²) in [4.78, 5) is 37.9. The van der Waals surface area contributed by atoms with Gasteiger partial charge in [-0.1, -0.05) is 17.7 Å². The fraction of sp³-hybridized carbons (Fsp3) is 0.278. The minimum absolute atomic E-state index is 0.0766. The number of benzene rings is 1. The van der Waals surface area contributed by atoms with Crippen molar-refractivity contribution in [2.24, 2.45) is 0 Å². The maximum absolute atomic E-state index is 12.5. The number of rotatable bonds is 4. The van der Waals surface area contributed by atoms with Gasteiger partial charge in [-0.25, -0.2) is 4.79 Å². The Hall–Kier alpha value is -3.09. The lowest BCUT2D eigenvalue weighted by Crippen LogP contribution is -2.34. The molecule has 3 amide bonds. The van der Waals surface area contributed by atoms with Gasteiger partial charge in [-0.15, -0.1) is 0 Å². The molecule has 132 valence electrons. The lowest BCUT2D eigenvalue weighted by molar-refractivity contribution is -0.129. The summed E-state index contributed by atoms with van der Waals surface area (Å²) in [7, 11) is 3.25. The summed E-state index contributed by atoms with van der Waals surface area (Å²) in [5.74, 6) is -0.202. The highest BCUT2D eigenvalue weighted by Crippen LogP contribution is 2.10. The summed E-state index contributed by atoms with van der Waals surface area (Å²) in [6.07, 6.45) is 0. The quantitative estimate of drug-likeness (QED) is 0.893. The smallest absolute Gasteiger partial charge is 0.323 e. The van der Waals surface area contributed by atoms with Crippen molar-refractivity contribution in [2.45, 2.75) is 20.4 Å². The number of nitrogens with one attached hydrogen (secondary N) is 2. The second kappa shape index (κ2) is 7.65. The molecule has 7 nitrogen and oxygen atoms in total. The maximum Gasteiger partial charge on any atom is 0.323 e. The highest BCUT2D eigenvalue weighted by atomic mass is 16.2. The lowest BCUT2D eigenvalue weighted by Gasteiger charge is -2.15. The van der Waals surface area contributed by atoms with Crippen LogP contribution in [0, 0.1) is 13.8 Å². The average molecular weight is 342 g/mol. The molecule has 2 aromatic rings. The first-order chi connectivity index (χ1) is 11.8. The predicted octanol–water partition coefficient (Wildman–Crippen LogP) is 2.20. The molecule has 7 heteroatoms. The molecule has 0 fully saturated rings. The highest BCUT2D eigenvalue weighted by molar-refractivity contribution is 5.99. The van der Waals surface area contributed by atoms with Crippen molar-refractivity contribution in [3.8, 4) is 0 Å². The number of hydrogen-bond acceptors (Lipinski definition) is 3. The fourth-order valence-corrected chi connectivity index (χ4v) is 2.16. The third-order valence-electron chi connectivity index (χ3n) is 3.74. The van der Waals surface area contributed by atoms with Crippen LogP contribution in [0.5, 0.6) is 0 Å². The Balaban J connectivity index is 2.16. The molecule has 0 atom stereocenters. The Kier molecular flexibility index (Phi) is 5.59. The number of amides is 3. The Morgan fingerprint density at radius 2 is 1.64 bits per heavy atom. The van der Waals surface area contributed by atoms with E-state index in [1.54, 1.807) is 39.2 Å². The normalized spacial score (nSPS) is 10.2. The number of aromatic nitrogens is 1. The molecule has 0 aliphatic rings. The van der Waals surface area contributed by atoms with E-state index in [-0.39, 0.29) is 18.1 Å². The summed E-state index contributed by atoms with van der Waals surface area (Å²) in [6, 6.07) is 10.0.